The third-order valence-corrected chi connectivity index (χ3v) is 6.24. The maximum atomic E-state index is 14.1. The molecular formula is C27H24F3NO5. The zero-order chi connectivity index (χ0) is 26.3. The SMILES string of the molecule is CC(C)(CC(O)(CC(=O)Nc1ccc2c(c1)COC2=O)c1cc(F)cc(F)c1)c1cc(F)ccc1O. The number of anilines is 1. The van der Waals surface area contributed by atoms with Crippen LogP contribution in [-0.2, 0) is 27.2 Å². The molecule has 1 aliphatic heterocycles. The van der Waals surface area contributed by atoms with Gasteiger partial charge in [0.25, 0.3) is 0 Å². The van der Waals surface area contributed by atoms with E-state index in [1.165, 1.54) is 18.2 Å². The molecule has 1 aliphatic rings. The van der Waals surface area contributed by atoms with E-state index >= 15 is 0 Å². The fraction of sp³-hybridized carbons (Fsp3) is 0.259. The van der Waals surface area contributed by atoms with Crippen LogP contribution < -0.4 is 5.32 Å². The Morgan fingerprint density at radius 3 is 2.39 bits per heavy atom. The van der Waals surface area contributed by atoms with Crippen molar-refractivity contribution < 1.29 is 37.7 Å². The van der Waals surface area contributed by atoms with Crippen molar-refractivity contribution in [2.75, 3.05) is 5.32 Å². The summed E-state index contributed by atoms with van der Waals surface area (Å²) >= 11 is 0. The maximum Gasteiger partial charge on any atom is 0.338 e. The molecule has 4 rings (SSSR count). The van der Waals surface area contributed by atoms with Crippen molar-refractivity contribution in [1.29, 1.82) is 0 Å². The highest BCUT2D eigenvalue weighted by molar-refractivity contribution is 5.96. The average molecular weight is 499 g/mol. The van der Waals surface area contributed by atoms with E-state index in [1.54, 1.807) is 19.9 Å². The third-order valence-electron chi connectivity index (χ3n) is 6.24. The van der Waals surface area contributed by atoms with Gasteiger partial charge < -0.3 is 20.3 Å². The number of cyclic esters (lactones) is 1. The smallest absolute Gasteiger partial charge is 0.338 e. The Balaban J connectivity index is 1.66. The summed E-state index contributed by atoms with van der Waals surface area (Å²) in [6.45, 7) is 3.28. The van der Waals surface area contributed by atoms with Gasteiger partial charge in [-0.15, -0.1) is 0 Å². The van der Waals surface area contributed by atoms with Crippen LogP contribution in [0.4, 0.5) is 18.9 Å². The van der Waals surface area contributed by atoms with Gasteiger partial charge in [-0.3, -0.25) is 4.79 Å². The highest BCUT2D eigenvalue weighted by Gasteiger charge is 2.40. The number of rotatable bonds is 7. The molecular weight excluding hydrogens is 475 g/mol. The molecule has 3 aromatic carbocycles. The van der Waals surface area contributed by atoms with E-state index in [-0.39, 0.29) is 29.9 Å². The standard InChI is InChI=1S/C27H24F3NO5/c1-26(2,22-11-17(28)3-6-23(22)32)14-27(35,16-8-18(29)10-19(30)9-16)12-24(33)31-20-4-5-21-15(7-20)13-36-25(21)34/h3-11,32,35H,12-14H2,1-2H3,(H,31,33). The molecule has 1 amide bonds. The number of nitrogens with one attached hydrogen (secondary N) is 1. The van der Waals surface area contributed by atoms with Crippen molar-refractivity contribution in [3.63, 3.8) is 0 Å². The molecule has 1 heterocycles. The minimum absolute atomic E-state index is 0.0652. The number of benzene rings is 3. The molecule has 36 heavy (non-hydrogen) atoms. The van der Waals surface area contributed by atoms with E-state index in [9.17, 15) is 33.0 Å². The van der Waals surface area contributed by atoms with E-state index in [0.717, 1.165) is 24.3 Å². The number of phenolic OH excluding ortho intramolecular Hbond substituents is 1. The molecule has 0 aliphatic carbocycles. The summed E-state index contributed by atoms with van der Waals surface area (Å²) in [5.74, 6) is -3.88. The minimum Gasteiger partial charge on any atom is -0.508 e. The molecule has 0 radical (unpaired) electrons. The monoisotopic (exact) mass is 499 g/mol. The number of phenols is 1. The molecule has 0 saturated heterocycles. The number of hydrogen-bond donors (Lipinski definition) is 3. The van der Waals surface area contributed by atoms with Crippen molar-refractivity contribution in [3.8, 4) is 5.75 Å². The number of hydrogen-bond acceptors (Lipinski definition) is 5. The second-order valence-corrected chi connectivity index (χ2v) is 9.58. The number of esters is 1. The van der Waals surface area contributed by atoms with Gasteiger partial charge in [-0.2, -0.15) is 0 Å². The second kappa shape index (κ2) is 9.31. The van der Waals surface area contributed by atoms with Gasteiger partial charge >= 0.3 is 5.97 Å². The van der Waals surface area contributed by atoms with E-state index < -0.39 is 46.8 Å². The van der Waals surface area contributed by atoms with Crippen molar-refractivity contribution >= 4 is 17.6 Å². The van der Waals surface area contributed by atoms with Crippen LogP contribution in [0.5, 0.6) is 5.75 Å². The molecule has 0 fully saturated rings. The Kier molecular flexibility index (Phi) is 6.53. The minimum atomic E-state index is -2.11. The van der Waals surface area contributed by atoms with Gasteiger partial charge in [0.2, 0.25) is 5.91 Å². The van der Waals surface area contributed by atoms with Gasteiger partial charge in [0, 0.05) is 22.9 Å². The summed E-state index contributed by atoms with van der Waals surface area (Å²) in [5, 5.41) is 24.6. The lowest BCUT2D eigenvalue weighted by molar-refractivity contribution is -0.122. The summed E-state index contributed by atoms with van der Waals surface area (Å²) in [6.07, 6.45) is -0.901. The van der Waals surface area contributed by atoms with E-state index in [4.69, 9.17) is 4.74 Å². The maximum absolute atomic E-state index is 14.1. The molecule has 9 heteroatoms. The van der Waals surface area contributed by atoms with Gasteiger partial charge in [0.15, 0.2) is 0 Å². The van der Waals surface area contributed by atoms with Crippen LogP contribution >= 0.6 is 0 Å². The van der Waals surface area contributed by atoms with Crippen LogP contribution in [0.25, 0.3) is 0 Å². The summed E-state index contributed by atoms with van der Waals surface area (Å²) in [7, 11) is 0. The summed E-state index contributed by atoms with van der Waals surface area (Å²) in [4.78, 5) is 24.7. The lowest BCUT2D eigenvalue weighted by atomic mass is 9.71. The lowest BCUT2D eigenvalue weighted by Gasteiger charge is -2.37. The third kappa shape index (κ3) is 5.21. The number of fused-ring (bicyclic) bond motifs is 1. The van der Waals surface area contributed by atoms with Crippen molar-refractivity contribution in [2.24, 2.45) is 0 Å². The molecule has 3 N–H and O–H groups in total. The van der Waals surface area contributed by atoms with Crippen LogP contribution in [0.15, 0.2) is 54.6 Å². The molecule has 0 bridgehead atoms. The number of carbonyl (C=O) groups excluding carboxylic acids is 2. The number of carbonyl (C=O) groups is 2. The number of aromatic hydroxyl groups is 1. The summed E-state index contributed by atoms with van der Waals surface area (Å²) < 4.78 is 47.1. The predicted molar refractivity (Wildman–Crippen MR) is 125 cm³/mol. The van der Waals surface area contributed by atoms with Gasteiger partial charge in [-0.1, -0.05) is 13.8 Å². The first-order valence-corrected chi connectivity index (χ1v) is 11.1. The molecule has 0 spiro atoms. The Labute approximate surface area is 205 Å². The number of ether oxygens (including phenoxy) is 1. The first kappa shape index (κ1) is 25.2. The van der Waals surface area contributed by atoms with Crippen LogP contribution in [-0.4, -0.2) is 22.1 Å². The average Bonchev–Trinajstić information content (AvgIpc) is 3.14. The molecule has 3 aromatic rings. The van der Waals surface area contributed by atoms with E-state index in [0.29, 0.717) is 22.9 Å². The first-order valence-electron chi connectivity index (χ1n) is 11.1. The number of halogens is 3. The van der Waals surface area contributed by atoms with Crippen LogP contribution in [0, 0.1) is 17.5 Å². The highest BCUT2D eigenvalue weighted by atomic mass is 19.1. The zero-order valence-corrected chi connectivity index (χ0v) is 19.6. The van der Waals surface area contributed by atoms with E-state index in [1.807, 2.05) is 0 Å². The quantitative estimate of drug-likeness (QED) is 0.395. The van der Waals surface area contributed by atoms with Crippen molar-refractivity contribution in [3.05, 3.63) is 94.3 Å². The largest absolute Gasteiger partial charge is 0.508 e. The molecule has 1 unspecified atom stereocenters. The van der Waals surface area contributed by atoms with Crippen molar-refractivity contribution in [2.45, 2.75) is 44.3 Å². The summed E-state index contributed by atoms with van der Waals surface area (Å²) in [5.41, 5.74) is -1.96. The molecule has 0 saturated carbocycles. The molecule has 6 nitrogen and oxygen atoms in total. The zero-order valence-electron chi connectivity index (χ0n) is 19.6. The van der Waals surface area contributed by atoms with Crippen LogP contribution in [0.2, 0.25) is 0 Å². The highest BCUT2D eigenvalue weighted by Crippen LogP contribution is 2.43. The molecule has 0 aromatic heterocycles. The Morgan fingerprint density at radius 1 is 1.00 bits per heavy atom. The van der Waals surface area contributed by atoms with Gasteiger partial charge in [-0.05, 0) is 65.9 Å². The Hall–Kier alpha value is -3.85. The van der Waals surface area contributed by atoms with Gasteiger partial charge in [0.05, 0.1) is 17.6 Å². The normalized spacial score (nSPS) is 14.7. The van der Waals surface area contributed by atoms with Gasteiger partial charge in [-0.25, -0.2) is 18.0 Å². The fourth-order valence-electron chi connectivity index (χ4n) is 4.65. The second-order valence-electron chi connectivity index (χ2n) is 9.58. The number of amides is 1. The van der Waals surface area contributed by atoms with E-state index in [2.05, 4.69) is 5.32 Å². The number of aliphatic hydroxyl groups is 1. The summed E-state index contributed by atoms with van der Waals surface area (Å²) in [6, 6.07) is 10.4. The van der Waals surface area contributed by atoms with Crippen LogP contribution in [0.3, 0.4) is 0 Å². The van der Waals surface area contributed by atoms with Gasteiger partial charge in [0.1, 0.15) is 29.8 Å². The van der Waals surface area contributed by atoms with Crippen molar-refractivity contribution in [1.82, 2.24) is 0 Å². The molecule has 1 atom stereocenters. The fourth-order valence-corrected chi connectivity index (χ4v) is 4.65. The van der Waals surface area contributed by atoms with Crippen LogP contribution in [0.1, 0.15) is 53.7 Å². The predicted octanol–water partition coefficient (Wildman–Crippen LogP) is 5.06. The Bertz CT molecular complexity index is 1340. The molecule has 188 valence electrons. The Morgan fingerprint density at radius 2 is 1.69 bits per heavy atom. The lowest BCUT2D eigenvalue weighted by Crippen LogP contribution is -2.38. The first-order chi connectivity index (χ1) is 16.9. The topological polar surface area (TPSA) is 95.9 Å².